The van der Waals surface area contributed by atoms with Gasteiger partial charge in [-0.3, -0.25) is 9.59 Å². The normalized spacial score (nSPS) is 15.7. The number of carbonyl (C=O) groups excluding carboxylic acids is 3. The van der Waals surface area contributed by atoms with Gasteiger partial charge in [0.2, 0.25) is 5.91 Å². The second-order valence-corrected chi connectivity index (χ2v) is 9.57. The fraction of sp³-hybridized carbons (Fsp3) is 0.444. The molecule has 188 valence electrons. The molecule has 1 aliphatic rings. The van der Waals surface area contributed by atoms with Gasteiger partial charge in [0.1, 0.15) is 18.0 Å². The van der Waals surface area contributed by atoms with Crippen molar-refractivity contribution < 1.29 is 23.9 Å². The SMILES string of the molecule is CC(C)(C)OC(=O)NCCNC(=O)C1CCCN(C(=O)c2ccccc2COc2ccccc2)C1. The van der Waals surface area contributed by atoms with Gasteiger partial charge in [-0.2, -0.15) is 0 Å². The maximum atomic E-state index is 13.3. The van der Waals surface area contributed by atoms with E-state index >= 15 is 0 Å². The Labute approximate surface area is 207 Å². The lowest BCUT2D eigenvalue weighted by Crippen LogP contribution is -2.47. The molecule has 2 aromatic carbocycles. The zero-order valence-electron chi connectivity index (χ0n) is 20.7. The predicted octanol–water partition coefficient (Wildman–Crippen LogP) is 3.76. The summed E-state index contributed by atoms with van der Waals surface area (Å²) in [6.45, 7) is 7.19. The van der Waals surface area contributed by atoms with Crippen molar-refractivity contribution in [1.82, 2.24) is 15.5 Å². The summed E-state index contributed by atoms with van der Waals surface area (Å²) in [6, 6.07) is 16.9. The number of ether oxygens (including phenoxy) is 2. The second kappa shape index (κ2) is 12.2. The van der Waals surface area contributed by atoms with Gasteiger partial charge < -0.3 is 25.0 Å². The Morgan fingerprint density at radius 3 is 2.40 bits per heavy atom. The lowest BCUT2D eigenvalue weighted by Gasteiger charge is -2.32. The van der Waals surface area contributed by atoms with Gasteiger partial charge >= 0.3 is 6.09 Å². The molecule has 2 N–H and O–H groups in total. The van der Waals surface area contributed by atoms with Crippen LogP contribution in [0.4, 0.5) is 4.79 Å². The number of nitrogens with one attached hydrogen (secondary N) is 2. The molecule has 0 bridgehead atoms. The molecule has 0 spiro atoms. The summed E-state index contributed by atoms with van der Waals surface area (Å²) in [5.74, 6) is 0.239. The molecule has 1 saturated heterocycles. The van der Waals surface area contributed by atoms with Crippen LogP contribution in [0.2, 0.25) is 0 Å². The molecule has 35 heavy (non-hydrogen) atoms. The Kier molecular flexibility index (Phi) is 9.11. The van der Waals surface area contributed by atoms with Gasteiger partial charge in [-0.15, -0.1) is 0 Å². The van der Waals surface area contributed by atoms with E-state index in [1.165, 1.54) is 0 Å². The smallest absolute Gasteiger partial charge is 0.407 e. The van der Waals surface area contributed by atoms with Crippen LogP contribution in [0, 0.1) is 5.92 Å². The Hall–Kier alpha value is -3.55. The number of hydrogen-bond acceptors (Lipinski definition) is 5. The van der Waals surface area contributed by atoms with Crippen molar-refractivity contribution in [3.63, 3.8) is 0 Å². The number of carbonyl (C=O) groups is 3. The van der Waals surface area contributed by atoms with Crippen LogP contribution in [-0.2, 0) is 16.1 Å². The fourth-order valence-corrected chi connectivity index (χ4v) is 3.89. The molecule has 0 saturated carbocycles. The third-order valence-corrected chi connectivity index (χ3v) is 5.56. The summed E-state index contributed by atoms with van der Waals surface area (Å²) in [5, 5.41) is 5.48. The van der Waals surface area contributed by atoms with Crippen LogP contribution < -0.4 is 15.4 Å². The van der Waals surface area contributed by atoms with Crippen molar-refractivity contribution in [1.29, 1.82) is 0 Å². The molecular formula is C27H35N3O5. The lowest BCUT2D eigenvalue weighted by atomic mass is 9.96. The van der Waals surface area contributed by atoms with Gasteiger partial charge in [0.25, 0.3) is 5.91 Å². The summed E-state index contributed by atoms with van der Waals surface area (Å²) in [7, 11) is 0. The average molecular weight is 482 g/mol. The number of nitrogens with zero attached hydrogens (tertiary/aromatic N) is 1. The van der Waals surface area contributed by atoms with E-state index < -0.39 is 11.7 Å². The highest BCUT2D eigenvalue weighted by Crippen LogP contribution is 2.21. The highest BCUT2D eigenvalue weighted by Gasteiger charge is 2.29. The van der Waals surface area contributed by atoms with Gasteiger partial charge in [0.15, 0.2) is 0 Å². The number of para-hydroxylation sites is 1. The second-order valence-electron chi connectivity index (χ2n) is 9.57. The predicted molar refractivity (Wildman–Crippen MR) is 133 cm³/mol. The minimum Gasteiger partial charge on any atom is -0.489 e. The van der Waals surface area contributed by atoms with E-state index in [-0.39, 0.29) is 30.9 Å². The average Bonchev–Trinajstić information content (AvgIpc) is 2.84. The summed E-state index contributed by atoms with van der Waals surface area (Å²) in [6.07, 6.45) is 0.951. The monoisotopic (exact) mass is 481 g/mol. The molecule has 8 heteroatoms. The summed E-state index contributed by atoms with van der Waals surface area (Å²) >= 11 is 0. The largest absolute Gasteiger partial charge is 0.489 e. The third kappa shape index (κ3) is 8.31. The number of amides is 3. The van der Waals surface area contributed by atoms with E-state index in [1.807, 2.05) is 48.5 Å². The molecular weight excluding hydrogens is 446 g/mol. The van der Waals surface area contributed by atoms with E-state index in [9.17, 15) is 14.4 Å². The van der Waals surface area contributed by atoms with E-state index in [0.717, 1.165) is 17.7 Å². The minimum absolute atomic E-state index is 0.0960. The first kappa shape index (κ1) is 26.1. The maximum absolute atomic E-state index is 13.3. The van der Waals surface area contributed by atoms with Crippen molar-refractivity contribution in [2.75, 3.05) is 26.2 Å². The zero-order valence-corrected chi connectivity index (χ0v) is 20.7. The van der Waals surface area contributed by atoms with E-state index in [0.29, 0.717) is 31.6 Å². The molecule has 2 aromatic rings. The Balaban J connectivity index is 1.51. The maximum Gasteiger partial charge on any atom is 0.407 e. The number of piperidine rings is 1. The van der Waals surface area contributed by atoms with Gasteiger partial charge in [0.05, 0.1) is 5.92 Å². The molecule has 1 unspecified atom stereocenters. The molecule has 0 aromatic heterocycles. The summed E-state index contributed by atoms with van der Waals surface area (Å²) < 4.78 is 11.0. The Morgan fingerprint density at radius 1 is 0.971 bits per heavy atom. The molecule has 0 aliphatic carbocycles. The minimum atomic E-state index is -0.572. The van der Waals surface area contributed by atoms with E-state index in [1.54, 1.807) is 31.7 Å². The molecule has 0 radical (unpaired) electrons. The number of alkyl carbamates (subject to hydrolysis) is 1. The standard InChI is InChI=1S/C27H35N3O5/c1-27(2,3)35-26(33)29-16-15-28-24(31)20-11-9-17-30(18-20)25(32)23-14-8-7-10-21(23)19-34-22-12-5-4-6-13-22/h4-8,10,12-14,20H,9,11,15-19H2,1-3H3,(H,28,31)(H,29,33). The van der Waals surface area contributed by atoms with Gasteiger partial charge in [-0.25, -0.2) is 4.79 Å². The van der Waals surface area contributed by atoms with Crippen LogP contribution in [0.5, 0.6) is 5.75 Å². The summed E-state index contributed by atoms with van der Waals surface area (Å²) in [4.78, 5) is 39.5. The first-order valence-electron chi connectivity index (χ1n) is 12.0. The molecule has 1 fully saturated rings. The van der Waals surface area contributed by atoms with Crippen molar-refractivity contribution >= 4 is 17.9 Å². The molecule has 3 rings (SSSR count). The first-order chi connectivity index (χ1) is 16.7. The van der Waals surface area contributed by atoms with E-state index in [2.05, 4.69) is 10.6 Å². The van der Waals surface area contributed by atoms with Gasteiger partial charge in [-0.05, 0) is 51.8 Å². The van der Waals surface area contributed by atoms with Gasteiger partial charge in [0, 0.05) is 37.3 Å². The van der Waals surface area contributed by atoms with Crippen molar-refractivity contribution in [2.24, 2.45) is 5.92 Å². The van der Waals surface area contributed by atoms with Crippen LogP contribution in [0.1, 0.15) is 49.5 Å². The molecule has 1 atom stereocenters. The van der Waals surface area contributed by atoms with E-state index in [4.69, 9.17) is 9.47 Å². The quantitative estimate of drug-likeness (QED) is 0.560. The molecule has 1 heterocycles. The van der Waals surface area contributed by atoms with Crippen LogP contribution in [0.25, 0.3) is 0 Å². The van der Waals surface area contributed by atoms with Gasteiger partial charge in [-0.1, -0.05) is 36.4 Å². The number of rotatable bonds is 8. The molecule has 1 aliphatic heterocycles. The van der Waals surface area contributed by atoms with Crippen molar-refractivity contribution in [3.8, 4) is 5.75 Å². The number of likely N-dealkylation sites (tertiary alicyclic amines) is 1. The van der Waals surface area contributed by atoms with Crippen molar-refractivity contribution in [3.05, 3.63) is 65.7 Å². The lowest BCUT2D eigenvalue weighted by molar-refractivity contribution is -0.126. The number of benzene rings is 2. The highest BCUT2D eigenvalue weighted by atomic mass is 16.6. The van der Waals surface area contributed by atoms with Crippen LogP contribution >= 0.6 is 0 Å². The Bertz CT molecular complexity index is 1000. The topological polar surface area (TPSA) is 97.0 Å². The third-order valence-electron chi connectivity index (χ3n) is 5.56. The van der Waals surface area contributed by atoms with Crippen LogP contribution in [0.15, 0.2) is 54.6 Å². The fourth-order valence-electron chi connectivity index (χ4n) is 3.89. The van der Waals surface area contributed by atoms with Crippen LogP contribution in [0.3, 0.4) is 0 Å². The molecule has 3 amide bonds. The Morgan fingerprint density at radius 2 is 1.66 bits per heavy atom. The first-order valence-corrected chi connectivity index (χ1v) is 12.0. The van der Waals surface area contributed by atoms with Crippen molar-refractivity contribution in [2.45, 2.75) is 45.8 Å². The zero-order chi connectivity index (χ0) is 25.3. The summed E-state index contributed by atoms with van der Waals surface area (Å²) in [5.41, 5.74) is 0.824. The number of hydrogen-bond donors (Lipinski definition) is 2. The highest BCUT2D eigenvalue weighted by molar-refractivity contribution is 5.96. The molecule has 8 nitrogen and oxygen atoms in total. The van der Waals surface area contributed by atoms with Crippen LogP contribution in [-0.4, -0.2) is 54.6 Å².